The molecule has 0 rings (SSSR count). The average molecular weight is 441 g/mol. The lowest BCUT2D eigenvalue weighted by Gasteiger charge is -2.23. The van der Waals surface area contributed by atoms with Gasteiger partial charge in [0.1, 0.15) is 0 Å². The van der Waals surface area contributed by atoms with Gasteiger partial charge in [-0.25, -0.2) is 0 Å². The van der Waals surface area contributed by atoms with Crippen LogP contribution in [-0.4, -0.2) is 21.8 Å². The number of unbranched alkanes of at least 4 members (excludes halogenated alkanes) is 18. The van der Waals surface area contributed by atoms with Crippen LogP contribution in [0.5, 0.6) is 0 Å². The van der Waals surface area contributed by atoms with Crippen molar-refractivity contribution >= 4 is 8.56 Å². The van der Waals surface area contributed by atoms with E-state index < -0.39 is 8.56 Å². The molecule has 0 aliphatic carbocycles. The van der Waals surface area contributed by atoms with Crippen molar-refractivity contribution in [2.45, 2.75) is 149 Å². The molecule has 0 bridgehead atoms. The second-order valence-corrected chi connectivity index (χ2v) is 12.3. The van der Waals surface area contributed by atoms with Crippen LogP contribution < -0.4 is 0 Å². The zero-order valence-corrected chi connectivity index (χ0v) is 22.2. The fourth-order valence-electron chi connectivity index (χ4n) is 3.89. The molecule has 3 heteroatoms. The average Bonchev–Trinajstić information content (AvgIpc) is 2.76. The van der Waals surface area contributed by atoms with Crippen LogP contribution in [0.1, 0.15) is 142 Å². The van der Waals surface area contributed by atoms with Gasteiger partial charge < -0.3 is 8.85 Å². The van der Waals surface area contributed by atoms with Crippen LogP contribution in [0.15, 0.2) is 12.3 Å². The maximum absolute atomic E-state index is 6.14. The molecule has 0 saturated heterocycles. The molecule has 1 unspecified atom stereocenters. The standard InChI is InChI=1S/C27H56O2Si/c1-5-8-10-12-14-15-16-17-18-19-21-23-25-27-29-30(4,7-3)28-26-24-22-20-13-11-9-6-2/h7H,3,5-6,8-27H2,1-2,4H3. The van der Waals surface area contributed by atoms with Gasteiger partial charge in [0.15, 0.2) is 0 Å². The van der Waals surface area contributed by atoms with Gasteiger partial charge in [-0.3, -0.25) is 0 Å². The first-order valence-corrected chi connectivity index (χ1v) is 16.0. The molecule has 180 valence electrons. The second kappa shape index (κ2) is 23.5. The molecule has 0 aromatic heterocycles. The summed E-state index contributed by atoms with van der Waals surface area (Å²) in [5.41, 5.74) is 1.95. The highest BCUT2D eigenvalue weighted by molar-refractivity contribution is 6.71. The highest BCUT2D eigenvalue weighted by Gasteiger charge is 2.26. The van der Waals surface area contributed by atoms with E-state index in [1.54, 1.807) is 0 Å². The molecule has 0 heterocycles. The van der Waals surface area contributed by atoms with E-state index >= 15 is 0 Å². The molecule has 0 fully saturated rings. The lowest BCUT2D eigenvalue weighted by atomic mass is 10.0. The molecule has 0 N–H and O–H groups in total. The van der Waals surface area contributed by atoms with E-state index in [-0.39, 0.29) is 0 Å². The highest BCUT2D eigenvalue weighted by Crippen LogP contribution is 2.15. The van der Waals surface area contributed by atoms with E-state index in [0.717, 1.165) is 26.1 Å². The van der Waals surface area contributed by atoms with Crippen molar-refractivity contribution in [1.29, 1.82) is 0 Å². The summed E-state index contributed by atoms with van der Waals surface area (Å²) in [4.78, 5) is 0. The van der Waals surface area contributed by atoms with Crippen molar-refractivity contribution in [3.63, 3.8) is 0 Å². The lowest BCUT2D eigenvalue weighted by molar-refractivity contribution is 0.177. The van der Waals surface area contributed by atoms with E-state index in [0.29, 0.717) is 0 Å². The monoisotopic (exact) mass is 440 g/mol. The molecule has 0 aliphatic rings. The van der Waals surface area contributed by atoms with Gasteiger partial charge in [-0.15, -0.1) is 6.58 Å². The molecular weight excluding hydrogens is 384 g/mol. The maximum atomic E-state index is 6.14. The first-order valence-electron chi connectivity index (χ1n) is 13.6. The number of rotatable bonds is 25. The Morgan fingerprint density at radius 2 is 0.767 bits per heavy atom. The van der Waals surface area contributed by atoms with Gasteiger partial charge in [0.2, 0.25) is 0 Å². The first kappa shape index (κ1) is 29.9. The summed E-state index contributed by atoms with van der Waals surface area (Å²) in [6.45, 7) is 12.4. The van der Waals surface area contributed by atoms with Crippen LogP contribution in [0, 0.1) is 0 Å². The van der Waals surface area contributed by atoms with Gasteiger partial charge in [-0.1, -0.05) is 129 Å². The van der Waals surface area contributed by atoms with Gasteiger partial charge in [0.25, 0.3) is 0 Å². The molecule has 0 aromatic carbocycles. The third kappa shape index (κ3) is 21.1. The third-order valence-corrected chi connectivity index (χ3v) is 8.44. The minimum absolute atomic E-state index is 0.834. The molecule has 0 aromatic rings. The summed E-state index contributed by atoms with van der Waals surface area (Å²) in [7, 11) is -2.14. The first-order chi connectivity index (χ1) is 14.7. The normalized spacial score (nSPS) is 13.4. The van der Waals surface area contributed by atoms with Gasteiger partial charge in [0, 0.05) is 13.2 Å². The molecule has 0 amide bonds. The largest absolute Gasteiger partial charge is 0.391 e. The summed E-state index contributed by atoms with van der Waals surface area (Å²) in [5, 5.41) is 0. The van der Waals surface area contributed by atoms with E-state index in [9.17, 15) is 0 Å². The fourth-order valence-corrected chi connectivity index (χ4v) is 5.31. The zero-order valence-electron chi connectivity index (χ0n) is 21.2. The van der Waals surface area contributed by atoms with Crippen LogP contribution in [0.2, 0.25) is 6.55 Å². The molecular formula is C27H56O2Si. The molecule has 2 nitrogen and oxygen atoms in total. The minimum atomic E-state index is -2.14. The minimum Gasteiger partial charge on any atom is -0.391 e. The third-order valence-electron chi connectivity index (χ3n) is 6.14. The van der Waals surface area contributed by atoms with Crippen molar-refractivity contribution in [2.75, 3.05) is 13.2 Å². The Labute approximate surface area is 191 Å². The molecule has 30 heavy (non-hydrogen) atoms. The highest BCUT2D eigenvalue weighted by atomic mass is 28.4. The lowest BCUT2D eigenvalue weighted by Crippen LogP contribution is -2.37. The Kier molecular flexibility index (Phi) is 23.4. The van der Waals surface area contributed by atoms with Crippen LogP contribution >= 0.6 is 0 Å². The van der Waals surface area contributed by atoms with Crippen LogP contribution in [0.4, 0.5) is 0 Å². The second-order valence-electron chi connectivity index (χ2n) is 9.28. The van der Waals surface area contributed by atoms with Gasteiger partial charge in [0.05, 0.1) is 0 Å². The molecule has 0 spiro atoms. The van der Waals surface area contributed by atoms with Gasteiger partial charge in [-0.05, 0) is 25.1 Å². The van der Waals surface area contributed by atoms with E-state index in [2.05, 4.69) is 27.0 Å². The Balaban J connectivity index is 3.43. The molecule has 0 radical (unpaired) electrons. The van der Waals surface area contributed by atoms with E-state index in [4.69, 9.17) is 8.85 Å². The van der Waals surface area contributed by atoms with Gasteiger partial charge in [-0.2, -0.15) is 0 Å². The van der Waals surface area contributed by atoms with Crippen LogP contribution in [0.3, 0.4) is 0 Å². The predicted molar refractivity (Wildman–Crippen MR) is 137 cm³/mol. The van der Waals surface area contributed by atoms with Crippen LogP contribution in [-0.2, 0) is 8.85 Å². The molecule has 0 aliphatic heterocycles. The van der Waals surface area contributed by atoms with Crippen molar-refractivity contribution in [2.24, 2.45) is 0 Å². The fraction of sp³-hybridized carbons (Fsp3) is 0.926. The van der Waals surface area contributed by atoms with Crippen LogP contribution in [0.25, 0.3) is 0 Å². The number of hydrogen-bond donors (Lipinski definition) is 0. The Morgan fingerprint density at radius 3 is 1.03 bits per heavy atom. The van der Waals surface area contributed by atoms with Gasteiger partial charge >= 0.3 is 8.56 Å². The predicted octanol–water partition coefficient (Wildman–Crippen LogP) is 9.66. The Hall–Kier alpha value is -0.123. The van der Waals surface area contributed by atoms with Crippen molar-refractivity contribution < 1.29 is 8.85 Å². The van der Waals surface area contributed by atoms with E-state index in [1.807, 2.05) is 5.70 Å². The van der Waals surface area contributed by atoms with Crippen molar-refractivity contribution in [1.82, 2.24) is 0 Å². The quantitative estimate of drug-likeness (QED) is 0.104. The smallest absolute Gasteiger partial charge is 0.361 e. The summed E-state index contributed by atoms with van der Waals surface area (Å²) < 4.78 is 12.3. The number of hydrogen-bond acceptors (Lipinski definition) is 2. The summed E-state index contributed by atoms with van der Waals surface area (Å²) >= 11 is 0. The SMILES string of the molecule is C=C[Si](C)(OCCCCCCCCC)OCCCCCCCCCCCCCCC. The Morgan fingerprint density at radius 1 is 0.500 bits per heavy atom. The summed E-state index contributed by atoms with van der Waals surface area (Å²) in [6, 6.07) is 0. The van der Waals surface area contributed by atoms with E-state index in [1.165, 1.54) is 116 Å². The topological polar surface area (TPSA) is 18.5 Å². The molecule has 0 saturated carbocycles. The summed E-state index contributed by atoms with van der Waals surface area (Å²) in [5.74, 6) is 0. The van der Waals surface area contributed by atoms with Crippen molar-refractivity contribution in [3.8, 4) is 0 Å². The zero-order chi connectivity index (χ0) is 22.2. The summed E-state index contributed by atoms with van der Waals surface area (Å²) in [6.07, 6.45) is 27.3. The van der Waals surface area contributed by atoms with Crippen molar-refractivity contribution in [3.05, 3.63) is 12.3 Å². The maximum Gasteiger partial charge on any atom is 0.361 e. The Bertz CT molecular complexity index is 348. The molecule has 1 atom stereocenters.